The Labute approximate surface area is 152 Å². The molecular formula is C17H19N3O3S2. The summed E-state index contributed by atoms with van der Waals surface area (Å²) in [6, 6.07) is 15.0. The van der Waals surface area contributed by atoms with Gasteiger partial charge >= 0.3 is 10.2 Å². The van der Waals surface area contributed by atoms with E-state index >= 15 is 0 Å². The molecule has 0 saturated carbocycles. The highest BCUT2D eigenvalue weighted by Gasteiger charge is 2.35. The monoisotopic (exact) mass is 377 g/mol. The Morgan fingerprint density at radius 3 is 2.44 bits per heavy atom. The fourth-order valence-corrected chi connectivity index (χ4v) is 4.59. The van der Waals surface area contributed by atoms with Crippen molar-refractivity contribution < 1.29 is 13.2 Å². The minimum atomic E-state index is -3.50. The largest absolute Gasteiger partial charge is 0.326 e. The van der Waals surface area contributed by atoms with Crippen LogP contribution in [-0.2, 0) is 15.0 Å². The first-order chi connectivity index (χ1) is 11.9. The molecule has 2 aromatic rings. The van der Waals surface area contributed by atoms with E-state index in [2.05, 4.69) is 5.32 Å². The van der Waals surface area contributed by atoms with Crippen LogP contribution in [0.15, 0.2) is 53.4 Å². The van der Waals surface area contributed by atoms with E-state index < -0.39 is 10.2 Å². The van der Waals surface area contributed by atoms with Crippen LogP contribution in [0.2, 0.25) is 0 Å². The summed E-state index contributed by atoms with van der Waals surface area (Å²) in [5.41, 5.74) is 1.74. The first-order valence-electron chi connectivity index (χ1n) is 7.74. The van der Waals surface area contributed by atoms with Gasteiger partial charge in [0.2, 0.25) is 5.91 Å². The number of nitrogens with one attached hydrogen (secondary N) is 1. The van der Waals surface area contributed by atoms with E-state index in [0.717, 1.165) is 4.90 Å². The average molecular weight is 377 g/mol. The second-order valence-corrected chi connectivity index (χ2v) is 8.77. The summed E-state index contributed by atoms with van der Waals surface area (Å²) in [6.07, 6.45) is 0.380. The van der Waals surface area contributed by atoms with Crippen LogP contribution in [0.1, 0.15) is 6.42 Å². The van der Waals surface area contributed by atoms with E-state index in [1.807, 2.05) is 30.3 Å². The Morgan fingerprint density at radius 2 is 1.72 bits per heavy atom. The van der Waals surface area contributed by atoms with Gasteiger partial charge in [-0.1, -0.05) is 18.2 Å². The minimum Gasteiger partial charge on any atom is -0.326 e. The number of hydrogen-bond acceptors (Lipinski definition) is 4. The molecule has 0 radical (unpaired) electrons. The maximum absolute atomic E-state index is 12.1. The maximum Gasteiger partial charge on any atom is 0.326 e. The highest BCUT2D eigenvalue weighted by atomic mass is 32.2. The SMILES string of the molecule is CN1c2ccc(NC(=O)CCSc3ccccc3)cc2N(C)S1(=O)=O. The van der Waals surface area contributed by atoms with Crippen molar-refractivity contribution in [2.45, 2.75) is 11.3 Å². The lowest BCUT2D eigenvalue weighted by molar-refractivity contribution is -0.115. The number of rotatable bonds is 5. The van der Waals surface area contributed by atoms with Gasteiger partial charge in [0.25, 0.3) is 0 Å². The van der Waals surface area contributed by atoms with Crippen LogP contribution in [0.3, 0.4) is 0 Å². The van der Waals surface area contributed by atoms with E-state index in [1.54, 1.807) is 30.0 Å². The number of benzene rings is 2. The highest BCUT2D eigenvalue weighted by Crippen LogP contribution is 2.40. The van der Waals surface area contributed by atoms with Gasteiger partial charge in [-0.2, -0.15) is 8.42 Å². The lowest BCUT2D eigenvalue weighted by atomic mass is 10.2. The number of fused-ring (bicyclic) bond motifs is 1. The quantitative estimate of drug-likeness (QED) is 0.814. The van der Waals surface area contributed by atoms with Gasteiger partial charge in [-0.05, 0) is 30.3 Å². The van der Waals surface area contributed by atoms with Crippen molar-refractivity contribution in [3.63, 3.8) is 0 Å². The molecule has 3 rings (SSSR count). The van der Waals surface area contributed by atoms with E-state index in [0.29, 0.717) is 29.2 Å². The zero-order valence-corrected chi connectivity index (χ0v) is 15.6. The molecule has 2 aromatic carbocycles. The van der Waals surface area contributed by atoms with Gasteiger partial charge in [-0.25, -0.2) is 0 Å². The third-order valence-corrected chi connectivity index (χ3v) is 6.76. The molecule has 0 aliphatic carbocycles. The number of carbonyl (C=O) groups is 1. The first-order valence-corrected chi connectivity index (χ1v) is 10.1. The van der Waals surface area contributed by atoms with E-state index in [-0.39, 0.29) is 5.91 Å². The fraction of sp³-hybridized carbons (Fsp3) is 0.235. The first kappa shape index (κ1) is 17.6. The van der Waals surface area contributed by atoms with Crippen LogP contribution in [0.25, 0.3) is 0 Å². The van der Waals surface area contributed by atoms with Crippen molar-refractivity contribution >= 4 is 44.9 Å². The molecule has 0 spiro atoms. The second kappa shape index (κ2) is 6.97. The summed E-state index contributed by atoms with van der Waals surface area (Å²) in [6.45, 7) is 0. The van der Waals surface area contributed by atoms with Gasteiger partial charge in [-0.3, -0.25) is 13.4 Å². The third-order valence-electron chi connectivity index (χ3n) is 3.97. The third kappa shape index (κ3) is 3.59. The van der Waals surface area contributed by atoms with Crippen LogP contribution >= 0.6 is 11.8 Å². The summed E-state index contributed by atoms with van der Waals surface area (Å²) >= 11 is 1.62. The smallest absolute Gasteiger partial charge is 0.326 e. The Kier molecular flexibility index (Phi) is 4.91. The summed E-state index contributed by atoms with van der Waals surface area (Å²) in [5.74, 6) is 0.581. The van der Waals surface area contributed by atoms with E-state index in [9.17, 15) is 13.2 Å². The Hall–Kier alpha value is -2.19. The second-order valence-electron chi connectivity index (χ2n) is 5.61. The van der Waals surface area contributed by atoms with Crippen LogP contribution in [0, 0.1) is 0 Å². The molecule has 1 aliphatic rings. The number of carbonyl (C=O) groups excluding carboxylic acids is 1. The van der Waals surface area contributed by atoms with Crippen molar-refractivity contribution in [3.05, 3.63) is 48.5 Å². The fourth-order valence-electron chi connectivity index (χ4n) is 2.55. The number of thioether (sulfide) groups is 1. The Morgan fingerprint density at radius 1 is 1.04 bits per heavy atom. The highest BCUT2D eigenvalue weighted by molar-refractivity contribution is 7.99. The zero-order valence-electron chi connectivity index (χ0n) is 14.0. The number of nitrogens with zero attached hydrogens (tertiary/aromatic N) is 2. The standard InChI is InChI=1S/C17H19N3O3S2/c1-19-15-9-8-13(12-16(15)20(2)25(19,22)23)18-17(21)10-11-24-14-6-4-3-5-7-14/h3-9,12H,10-11H2,1-2H3,(H,18,21). The van der Waals surface area contributed by atoms with Gasteiger partial charge in [-0.15, -0.1) is 11.8 Å². The molecule has 1 N–H and O–H groups in total. The van der Waals surface area contributed by atoms with Gasteiger partial charge < -0.3 is 5.32 Å². The molecule has 1 heterocycles. The predicted molar refractivity (Wildman–Crippen MR) is 103 cm³/mol. The molecule has 0 aromatic heterocycles. The molecule has 1 amide bonds. The molecule has 0 saturated heterocycles. The summed E-state index contributed by atoms with van der Waals surface area (Å²) in [5, 5.41) is 2.83. The molecule has 0 atom stereocenters. The van der Waals surface area contributed by atoms with Crippen LogP contribution in [0.5, 0.6) is 0 Å². The Balaban J connectivity index is 1.61. The normalized spacial score (nSPS) is 15.1. The van der Waals surface area contributed by atoms with Gasteiger partial charge in [0.05, 0.1) is 11.4 Å². The maximum atomic E-state index is 12.1. The van der Waals surface area contributed by atoms with Crippen LogP contribution in [0.4, 0.5) is 17.1 Å². The van der Waals surface area contributed by atoms with E-state index in [4.69, 9.17) is 0 Å². The van der Waals surface area contributed by atoms with Crippen LogP contribution < -0.4 is 13.9 Å². The summed E-state index contributed by atoms with van der Waals surface area (Å²) < 4.78 is 26.7. The molecule has 132 valence electrons. The molecule has 8 heteroatoms. The number of anilines is 3. The summed E-state index contributed by atoms with van der Waals surface area (Å²) in [4.78, 5) is 13.2. The predicted octanol–water partition coefficient (Wildman–Crippen LogP) is 2.94. The zero-order chi connectivity index (χ0) is 18.0. The number of hydrogen-bond donors (Lipinski definition) is 1. The molecular weight excluding hydrogens is 358 g/mol. The molecule has 0 unspecified atom stereocenters. The molecule has 0 bridgehead atoms. The van der Waals surface area contributed by atoms with Crippen molar-refractivity contribution in [2.75, 3.05) is 33.8 Å². The van der Waals surface area contributed by atoms with Gasteiger partial charge in [0.15, 0.2) is 0 Å². The van der Waals surface area contributed by atoms with Gasteiger partial charge in [0.1, 0.15) is 0 Å². The number of amides is 1. The van der Waals surface area contributed by atoms with Crippen molar-refractivity contribution in [2.24, 2.45) is 0 Å². The van der Waals surface area contributed by atoms with Crippen molar-refractivity contribution in [1.82, 2.24) is 0 Å². The molecule has 0 fully saturated rings. The lowest BCUT2D eigenvalue weighted by Gasteiger charge is -2.13. The molecule has 6 nitrogen and oxygen atoms in total. The summed E-state index contributed by atoms with van der Waals surface area (Å²) in [7, 11) is -0.492. The average Bonchev–Trinajstić information content (AvgIpc) is 2.76. The molecule has 25 heavy (non-hydrogen) atoms. The minimum absolute atomic E-state index is 0.0970. The van der Waals surface area contributed by atoms with E-state index in [1.165, 1.54) is 22.7 Å². The van der Waals surface area contributed by atoms with Crippen molar-refractivity contribution in [3.8, 4) is 0 Å². The van der Waals surface area contributed by atoms with Crippen molar-refractivity contribution in [1.29, 1.82) is 0 Å². The lowest BCUT2D eigenvalue weighted by Crippen LogP contribution is -2.32. The Bertz CT molecular complexity index is 885. The van der Waals surface area contributed by atoms with Crippen LogP contribution in [-0.4, -0.2) is 34.2 Å². The topological polar surface area (TPSA) is 69.7 Å². The van der Waals surface area contributed by atoms with Gasteiger partial charge in [0, 0.05) is 36.9 Å². The molecule has 1 aliphatic heterocycles.